The van der Waals surface area contributed by atoms with Gasteiger partial charge in [0.2, 0.25) is 0 Å². The van der Waals surface area contributed by atoms with E-state index in [1.54, 1.807) is 19.1 Å². The zero-order valence-corrected chi connectivity index (χ0v) is 7.78. The monoisotopic (exact) mass is 179 g/mol. The third-order valence-electron chi connectivity index (χ3n) is 1.97. The molecule has 0 radical (unpaired) electrons. The second kappa shape index (κ2) is 3.94. The lowest BCUT2D eigenvalue weighted by atomic mass is 10.0. The van der Waals surface area contributed by atoms with Crippen LogP contribution in [0, 0.1) is 0 Å². The molecule has 1 rings (SSSR count). The topological polar surface area (TPSA) is 52.3 Å². The summed E-state index contributed by atoms with van der Waals surface area (Å²) < 4.78 is 4.63. The molecule has 0 saturated heterocycles. The number of hydrogen-bond donors (Lipinski definition) is 1. The van der Waals surface area contributed by atoms with E-state index in [2.05, 4.69) is 4.74 Å². The molecule has 1 atom stereocenters. The van der Waals surface area contributed by atoms with Crippen molar-refractivity contribution >= 4 is 11.7 Å². The standard InChI is InChI=1S/C10H13NO2/c1-7(10(12)13-2)8-4-3-5-9(11)6-8/h3-7H,11H2,1-2H3. The van der Waals surface area contributed by atoms with Crippen LogP contribution < -0.4 is 5.73 Å². The quantitative estimate of drug-likeness (QED) is 0.553. The van der Waals surface area contributed by atoms with Gasteiger partial charge in [0, 0.05) is 5.69 Å². The van der Waals surface area contributed by atoms with Crippen molar-refractivity contribution in [3.05, 3.63) is 29.8 Å². The molecule has 70 valence electrons. The van der Waals surface area contributed by atoms with Gasteiger partial charge in [-0.05, 0) is 24.6 Å². The first-order valence-electron chi connectivity index (χ1n) is 4.08. The summed E-state index contributed by atoms with van der Waals surface area (Å²) in [6, 6.07) is 7.25. The molecule has 1 unspecified atom stereocenters. The van der Waals surface area contributed by atoms with Crippen LogP contribution in [0.4, 0.5) is 5.69 Å². The van der Waals surface area contributed by atoms with E-state index in [9.17, 15) is 4.79 Å². The number of benzene rings is 1. The first-order chi connectivity index (χ1) is 6.15. The lowest BCUT2D eigenvalue weighted by Crippen LogP contribution is -2.10. The van der Waals surface area contributed by atoms with E-state index < -0.39 is 0 Å². The Balaban J connectivity index is 2.88. The lowest BCUT2D eigenvalue weighted by Gasteiger charge is -2.09. The van der Waals surface area contributed by atoms with Crippen molar-refractivity contribution in [3.8, 4) is 0 Å². The van der Waals surface area contributed by atoms with Crippen molar-refractivity contribution in [1.82, 2.24) is 0 Å². The summed E-state index contributed by atoms with van der Waals surface area (Å²) >= 11 is 0. The molecule has 3 nitrogen and oxygen atoms in total. The maximum Gasteiger partial charge on any atom is 0.312 e. The molecule has 0 heterocycles. The molecule has 1 aromatic rings. The van der Waals surface area contributed by atoms with E-state index in [0.717, 1.165) is 5.56 Å². The van der Waals surface area contributed by atoms with Crippen molar-refractivity contribution in [3.63, 3.8) is 0 Å². The minimum atomic E-state index is -0.256. The van der Waals surface area contributed by atoms with E-state index >= 15 is 0 Å². The third-order valence-corrected chi connectivity index (χ3v) is 1.97. The Hall–Kier alpha value is -1.51. The average Bonchev–Trinajstić information content (AvgIpc) is 2.15. The number of ether oxygens (including phenoxy) is 1. The number of rotatable bonds is 2. The second-order valence-corrected chi connectivity index (χ2v) is 2.91. The largest absolute Gasteiger partial charge is 0.469 e. The number of anilines is 1. The van der Waals surface area contributed by atoms with Gasteiger partial charge in [-0.15, -0.1) is 0 Å². The van der Waals surface area contributed by atoms with Crippen LogP contribution in [0.1, 0.15) is 18.4 Å². The first kappa shape index (κ1) is 9.58. The SMILES string of the molecule is COC(=O)C(C)c1cccc(N)c1. The van der Waals surface area contributed by atoms with E-state index in [4.69, 9.17) is 5.73 Å². The predicted molar refractivity (Wildman–Crippen MR) is 51.3 cm³/mol. The Labute approximate surface area is 77.5 Å². The van der Waals surface area contributed by atoms with Gasteiger partial charge in [0.25, 0.3) is 0 Å². The number of nitrogen functional groups attached to an aromatic ring is 1. The number of methoxy groups -OCH3 is 1. The summed E-state index contributed by atoms with van der Waals surface area (Å²) in [6.07, 6.45) is 0. The summed E-state index contributed by atoms with van der Waals surface area (Å²) in [5.74, 6) is -0.501. The van der Waals surface area contributed by atoms with Crippen molar-refractivity contribution in [2.24, 2.45) is 0 Å². The molecule has 13 heavy (non-hydrogen) atoms. The molecule has 0 saturated carbocycles. The Bertz CT molecular complexity index is 310. The molecule has 0 amide bonds. The molecule has 0 aliphatic rings. The molecule has 0 bridgehead atoms. The van der Waals surface area contributed by atoms with E-state index in [0.29, 0.717) is 5.69 Å². The number of esters is 1. The van der Waals surface area contributed by atoms with Crippen LogP contribution in [0.5, 0.6) is 0 Å². The molecule has 0 aromatic heterocycles. The van der Waals surface area contributed by atoms with Gasteiger partial charge in [-0.3, -0.25) is 4.79 Å². The zero-order valence-electron chi connectivity index (χ0n) is 7.78. The van der Waals surface area contributed by atoms with Gasteiger partial charge >= 0.3 is 5.97 Å². The highest BCUT2D eigenvalue weighted by Gasteiger charge is 2.14. The fraction of sp³-hybridized carbons (Fsp3) is 0.300. The molecule has 0 aliphatic heterocycles. The number of hydrogen-bond acceptors (Lipinski definition) is 3. The molecular formula is C10H13NO2. The Morgan fingerprint density at radius 1 is 1.54 bits per heavy atom. The lowest BCUT2D eigenvalue weighted by molar-refractivity contribution is -0.141. The maximum atomic E-state index is 11.2. The third kappa shape index (κ3) is 2.21. The van der Waals surface area contributed by atoms with Crippen LogP contribution in [0.2, 0.25) is 0 Å². The van der Waals surface area contributed by atoms with Crippen LogP contribution in [0.25, 0.3) is 0 Å². The predicted octanol–water partition coefficient (Wildman–Crippen LogP) is 1.55. The number of carbonyl (C=O) groups is 1. The maximum absolute atomic E-state index is 11.2. The van der Waals surface area contributed by atoms with Crippen molar-refractivity contribution in [1.29, 1.82) is 0 Å². The second-order valence-electron chi connectivity index (χ2n) is 2.91. The van der Waals surface area contributed by atoms with Crippen LogP contribution in [-0.4, -0.2) is 13.1 Å². The highest BCUT2D eigenvalue weighted by molar-refractivity contribution is 5.77. The Kier molecular flexibility index (Phi) is 2.90. The molecule has 0 fully saturated rings. The van der Waals surface area contributed by atoms with Gasteiger partial charge in [0.05, 0.1) is 13.0 Å². The van der Waals surface area contributed by atoms with Gasteiger partial charge in [-0.25, -0.2) is 0 Å². The van der Waals surface area contributed by atoms with Gasteiger partial charge in [0.1, 0.15) is 0 Å². The number of carbonyl (C=O) groups excluding carboxylic acids is 1. The van der Waals surface area contributed by atoms with Gasteiger partial charge in [0.15, 0.2) is 0 Å². The fourth-order valence-corrected chi connectivity index (χ4v) is 1.14. The molecule has 0 aliphatic carbocycles. The smallest absolute Gasteiger partial charge is 0.312 e. The van der Waals surface area contributed by atoms with E-state index in [1.165, 1.54) is 7.11 Å². The normalized spacial score (nSPS) is 12.2. The van der Waals surface area contributed by atoms with Crippen LogP contribution >= 0.6 is 0 Å². The van der Waals surface area contributed by atoms with E-state index in [1.807, 2.05) is 12.1 Å². The number of nitrogens with two attached hydrogens (primary N) is 1. The van der Waals surface area contributed by atoms with Crippen LogP contribution in [-0.2, 0) is 9.53 Å². The van der Waals surface area contributed by atoms with Gasteiger partial charge < -0.3 is 10.5 Å². The van der Waals surface area contributed by atoms with Crippen molar-refractivity contribution in [2.75, 3.05) is 12.8 Å². The fourth-order valence-electron chi connectivity index (χ4n) is 1.14. The van der Waals surface area contributed by atoms with E-state index in [-0.39, 0.29) is 11.9 Å². The highest BCUT2D eigenvalue weighted by Crippen LogP contribution is 2.18. The molecule has 1 aromatic carbocycles. The highest BCUT2D eigenvalue weighted by atomic mass is 16.5. The van der Waals surface area contributed by atoms with Gasteiger partial charge in [-0.1, -0.05) is 12.1 Å². The first-order valence-corrected chi connectivity index (χ1v) is 4.08. The van der Waals surface area contributed by atoms with Gasteiger partial charge in [-0.2, -0.15) is 0 Å². The Morgan fingerprint density at radius 2 is 2.23 bits per heavy atom. The van der Waals surface area contributed by atoms with Crippen LogP contribution in [0.15, 0.2) is 24.3 Å². The summed E-state index contributed by atoms with van der Waals surface area (Å²) in [4.78, 5) is 11.2. The molecular weight excluding hydrogens is 166 g/mol. The van der Waals surface area contributed by atoms with Crippen molar-refractivity contribution < 1.29 is 9.53 Å². The molecule has 3 heteroatoms. The summed E-state index contributed by atoms with van der Waals surface area (Å²) in [6.45, 7) is 1.79. The van der Waals surface area contributed by atoms with Crippen LogP contribution in [0.3, 0.4) is 0 Å². The minimum Gasteiger partial charge on any atom is -0.469 e. The molecule has 2 N–H and O–H groups in total. The summed E-state index contributed by atoms with van der Waals surface area (Å²) in [5, 5.41) is 0. The Morgan fingerprint density at radius 3 is 2.77 bits per heavy atom. The van der Waals surface area contributed by atoms with Crippen molar-refractivity contribution in [2.45, 2.75) is 12.8 Å². The minimum absolute atomic E-state index is 0.245. The summed E-state index contributed by atoms with van der Waals surface area (Å²) in [5.41, 5.74) is 7.13. The zero-order chi connectivity index (χ0) is 9.84. The summed E-state index contributed by atoms with van der Waals surface area (Å²) in [7, 11) is 1.38. The molecule has 0 spiro atoms. The average molecular weight is 179 g/mol.